The lowest BCUT2D eigenvalue weighted by Gasteiger charge is -2.29. The molecule has 1 aliphatic carbocycles. The molecule has 1 heterocycles. The molecule has 140 valence electrons. The minimum absolute atomic E-state index is 0.0291. The van der Waals surface area contributed by atoms with Crippen LogP contribution in [-0.4, -0.2) is 44.5 Å². The summed E-state index contributed by atoms with van der Waals surface area (Å²) in [6.45, 7) is 4.70. The van der Waals surface area contributed by atoms with Gasteiger partial charge in [0.1, 0.15) is 11.4 Å². The second kappa shape index (κ2) is 9.02. The molecule has 8 heteroatoms. The van der Waals surface area contributed by atoms with Crippen molar-refractivity contribution < 1.29 is 9.53 Å². The Morgan fingerprint density at radius 2 is 2.15 bits per heavy atom. The van der Waals surface area contributed by atoms with Gasteiger partial charge in [-0.05, 0) is 48.2 Å². The normalized spacial score (nSPS) is 19.9. The number of hydrogen-bond donors (Lipinski definition) is 1. The van der Waals surface area contributed by atoms with Gasteiger partial charge in [-0.2, -0.15) is 4.68 Å². The summed E-state index contributed by atoms with van der Waals surface area (Å²) in [5, 5.41) is 15.6. The highest BCUT2D eigenvalue weighted by molar-refractivity contribution is 7.99. The van der Waals surface area contributed by atoms with E-state index in [9.17, 15) is 4.79 Å². The van der Waals surface area contributed by atoms with Crippen molar-refractivity contribution in [3.05, 3.63) is 24.3 Å². The van der Waals surface area contributed by atoms with Crippen LogP contribution in [0.25, 0.3) is 5.69 Å². The van der Waals surface area contributed by atoms with Gasteiger partial charge in [-0.3, -0.25) is 4.79 Å². The molecule has 1 fully saturated rings. The van der Waals surface area contributed by atoms with Crippen LogP contribution in [0, 0.1) is 5.92 Å². The van der Waals surface area contributed by atoms with Crippen LogP contribution in [0.1, 0.15) is 39.5 Å². The Balaban J connectivity index is 1.63. The van der Waals surface area contributed by atoms with E-state index in [0.29, 0.717) is 29.2 Å². The number of carbonyl (C=O) groups is 1. The zero-order valence-electron chi connectivity index (χ0n) is 15.2. The summed E-state index contributed by atoms with van der Waals surface area (Å²) in [7, 11) is 0. The number of amides is 1. The topological polar surface area (TPSA) is 81.9 Å². The van der Waals surface area contributed by atoms with Crippen molar-refractivity contribution in [2.75, 3.05) is 12.4 Å². The molecular formula is C18H25N5O2S. The first kappa shape index (κ1) is 18.7. The Kier molecular flexibility index (Phi) is 6.49. The SMILES string of the molecule is CCOc1ccccc1-n1nnnc1SCC(=O)N[C@@H]1CCCC[C@@H]1C. The van der Waals surface area contributed by atoms with Gasteiger partial charge in [0.25, 0.3) is 0 Å². The molecular weight excluding hydrogens is 350 g/mol. The first-order chi connectivity index (χ1) is 12.7. The molecule has 2 aromatic rings. The van der Waals surface area contributed by atoms with Crippen molar-refractivity contribution in [2.45, 2.75) is 50.7 Å². The highest BCUT2D eigenvalue weighted by Gasteiger charge is 2.23. The van der Waals surface area contributed by atoms with E-state index in [0.717, 1.165) is 12.1 Å². The number of rotatable bonds is 7. The fourth-order valence-electron chi connectivity index (χ4n) is 3.24. The number of aromatic nitrogens is 4. The molecule has 0 aliphatic heterocycles. The zero-order valence-corrected chi connectivity index (χ0v) is 16.0. The lowest BCUT2D eigenvalue weighted by atomic mass is 9.86. The molecule has 0 unspecified atom stereocenters. The molecule has 2 atom stereocenters. The molecule has 1 aromatic carbocycles. The molecule has 1 aliphatic rings. The third kappa shape index (κ3) is 4.55. The monoisotopic (exact) mass is 375 g/mol. The third-order valence-electron chi connectivity index (χ3n) is 4.62. The van der Waals surface area contributed by atoms with Gasteiger partial charge >= 0.3 is 0 Å². The number of ether oxygens (including phenoxy) is 1. The summed E-state index contributed by atoms with van der Waals surface area (Å²) in [6, 6.07) is 7.88. The van der Waals surface area contributed by atoms with Gasteiger partial charge < -0.3 is 10.1 Å². The third-order valence-corrected chi connectivity index (χ3v) is 5.54. The number of tetrazole rings is 1. The average Bonchev–Trinajstić information content (AvgIpc) is 3.11. The molecule has 3 rings (SSSR count). The summed E-state index contributed by atoms with van der Waals surface area (Å²) >= 11 is 1.33. The molecule has 7 nitrogen and oxygen atoms in total. The van der Waals surface area contributed by atoms with Crippen LogP contribution in [0.4, 0.5) is 0 Å². The molecule has 26 heavy (non-hydrogen) atoms. The fourth-order valence-corrected chi connectivity index (χ4v) is 3.93. The van der Waals surface area contributed by atoms with E-state index >= 15 is 0 Å². The second-order valence-corrected chi connectivity index (χ2v) is 7.44. The number of para-hydroxylation sites is 2. The number of benzene rings is 1. The smallest absolute Gasteiger partial charge is 0.230 e. The maximum atomic E-state index is 12.3. The average molecular weight is 375 g/mol. The van der Waals surface area contributed by atoms with Crippen LogP contribution in [-0.2, 0) is 4.79 Å². The van der Waals surface area contributed by atoms with Crippen molar-refractivity contribution in [1.29, 1.82) is 0 Å². The van der Waals surface area contributed by atoms with Crippen LogP contribution in [0.5, 0.6) is 5.75 Å². The van der Waals surface area contributed by atoms with Crippen LogP contribution >= 0.6 is 11.8 Å². The second-order valence-electron chi connectivity index (χ2n) is 6.50. The highest BCUT2D eigenvalue weighted by atomic mass is 32.2. The Hall–Kier alpha value is -2.09. The Morgan fingerprint density at radius 3 is 2.96 bits per heavy atom. The van der Waals surface area contributed by atoms with Crippen LogP contribution < -0.4 is 10.1 Å². The van der Waals surface area contributed by atoms with Crippen LogP contribution in [0.3, 0.4) is 0 Å². The lowest BCUT2D eigenvalue weighted by Crippen LogP contribution is -2.41. The van der Waals surface area contributed by atoms with Crippen LogP contribution in [0.15, 0.2) is 29.4 Å². The van der Waals surface area contributed by atoms with E-state index in [1.807, 2.05) is 31.2 Å². The maximum absolute atomic E-state index is 12.3. The van der Waals surface area contributed by atoms with Gasteiger partial charge in [-0.25, -0.2) is 0 Å². The van der Waals surface area contributed by atoms with E-state index in [1.165, 1.54) is 31.0 Å². The number of carbonyl (C=O) groups excluding carboxylic acids is 1. The van der Waals surface area contributed by atoms with Crippen molar-refractivity contribution >= 4 is 17.7 Å². The highest BCUT2D eigenvalue weighted by Crippen LogP contribution is 2.26. The van der Waals surface area contributed by atoms with E-state index in [2.05, 4.69) is 27.8 Å². The standard InChI is InChI=1S/C18H25N5O2S/c1-3-25-16-11-7-6-10-15(16)23-18(20-21-22-23)26-12-17(24)19-14-9-5-4-8-13(14)2/h6-7,10-11,13-14H,3-5,8-9,12H2,1-2H3,(H,19,24)/t13-,14+/m0/s1. The van der Waals surface area contributed by atoms with E-state index < -0.39 is 0 Å². The Bertz CT molecular complexity index is 736. The van der Waals surface area contributed by atoms with Crippen molar-refractivity contribution in [1.82, 2.24) is 25.5 Å². The van der Waals surface area contributed by atoms with E-state index in [-0.39, 0.29) is 11.9 Å². The zero-order chi connectivity index (χ0) is 18.4. The molecule has 1 amide bonds. The first-order valence-corrected chi connectivity index (χ1v) is 10.1. The maximum Gasteiger partial charge on any atom is 0.230 e. The molecule has 0 bridgehead atoms. The lowest BCUT2D eigenvalue weighted by molar-refractivity contribution is -0.119. The van der Waals surface area contributed by atoms with Gasteiger partial charge in [0, 0.05) is 6.04 Å². The molecule has 1 aromatic heterocycles. The predicted molar refractivity (Wildman–Crippen MR) is 101 cm³/mol. The van der Waals surface area contributed by atoms with Gasteiger partial charge in [0.05, 0.1) is 12.4 Å². The van der Waals surface area contributed by atoms with Gasteiger partial charge in [-0.15, -0.1) is 5.10 Å². The summed E-state index contributed by atoms with van der Waals surface area (Å²) in [6.07, 6.45) is 4.70. The molecule has 0 spiro atoms. The Labute approximate surface area is 157 Å². The number of nitrogens with one attached hydrogen (secondary N) is 1. The van der Waals surface area contributed by atoms with Crippen LogP contribution in [0.2, 0.25) is 0 Å². The molecule has 0 saturated heterocycles. The quantitative estimate of drug-likeness (QED) is 0.750. The largest absolute Gasteiger partial charge is 0.492 e. The summed E-state index contributed by atoms with van der Waals surface area (Å²) in [5.74, 6) is 1.58. The fraction of sp³-hybridized carbons (Fsp3) is 0.556. The molecule has 1 saturated carbocycles. The Morgan fingerprint density at radius 1 is 1.35 bits per heavy atom. The van der Waals surface area contributed by atoms with Gasteiger partial charge in [-0.1, -0.05) is 43.7 Å². The predicted octanol–water partition coefficient (Wildman–Crippen LogP) is 2.85. The molecule has 0 radical (unpaired) electrons. The number of hydrogen-bond acceptors (Lipinski definition) is 6. The summed E-state index contributed by atoms with van der Waals surface area (Å²) in [4.78, 5) is 12.3. The van der Waals surface area contributed by atoms with Crippen molar-refractivity contribution in [3.8, 4) is 11.4 Å². The van der Waals surface area contributed by atoms with E-state index in [4.69, 9.17) is 4.74 Å². The van der Waals surface area contributed by atoms with Crippen molar-refractivity contribution in [2.24, 2.45) is 5.92 Å². The van der Waals surface area contributed by atoms with Gasteiger partial charge in [0.15, 0.2) is 0 Å². The van der Waals surface area contributed by atoms with Gasteiger partial charge in [0.2, 0.25) is 11.1 Å². The first-order valence-electron chi connectivity index (χ1n) is 9.11. The van der Waals surface area contributed by atoms with Crippen molar-refractivity contribution in [3.63, 3.8) is 0 Å². The molecule has 1 N–H and O–H groups in total. The van der Waals surface area contributed by atoms with E-state index in [1.54, 1.807) is 4.68 Å². The number of nitrogens with zero attached hydrogens (tertiary/aromatic N) is 4. The minimum atomic E-state index is 0.0291. The minimum Gasteiger partial charge on any atom is -0.492 e. The number of thioether (sulfide) groups is 1. The summed E-state index contributed by atoms with van der Waals surface area (Å²) < 4.78 is 7.27. The summed E-state index contributed by atoms with van der Waals surface area (Å²) in [5.41, 5.74) is 0.767.